The van der Waals surface area contributed by atoms with Gasteiger partial charge in [0.1, 0.15) is 0 Å². The largest absolute Gasteiger partial charge is 0.398 e. The van der Waals surface area contributed by atoms with Gasteiger partial charge in [-0.3, -0.25) is 4.79 Å². The number of benzene rings is 1. The number of carbonyl (C=O) groups excluding carboxylic acids is 1. The van der Waals surface area contributed by atoms with Crippen molar-refractivity contribution in [2.45, 2.75) is 32.3 Å². The minimum atomic E-state index is -0.459. The lowest BCUT2D eigenvalue weighted by Crippen LogP contribution is -2.14. The molecule has 0 saturated heterocycles. The van der Waals surface area contributed by atoms with Crippen molar-refractivity contribution < 1.29 is 9.53 Å². The highest BCUT2D eigenvalue weighted by molar-refractivity contribution is 5.93. The Balaban J connectivity index is 1.79. The lowest BCUT2D eigenvalue weighted by Gasteiger charge is -2.24. The highest BCUT2D eigenvalue weighted by Crippen LogP contribution is 2.29. The van der Waals surface area contributed by atoms with Gasteiger partial charge in [-0.15, -0.1) is 0 Å². The van der Waals surface area contributed by atoms with Crippen LogP contribution in [-0.2, 0) is 11.3 Å². The molecule has 2 rings (SSSR count). The molecular weight excluding hydrogens is 228 g/mol. The van der Waals surface area contributed by atoms with Crippen molar-refractivity contribution in [3.8, 4) is 0 Å². The van der Waals surface area contributed by atoms with Crippen molar-refractivity contribution in [3.63, 3.8) is 0 Å². The number of nitrogen functional groups attached to an aromatic ring is 1. The molecule has 1 amide bonds. The van der Waals surface area contributed by atoms with Crippen LogP contribution in [0.15, 0.2) is 18.2 Å². The van der Waals surface area contributed by atoms with Gasteiger partial charge in [0, 0.05) is 23.4 Å². The van der Waals surface area contributed by atoms with Crippen molar-refractivity contribution >= 4 is 11.6 Å². The van der Waals surface area contributed by atoms with E-state index in [9.17, 15) is 4.79 Å². The fourth-order valence-corrected chi connectivity index (χ4v) is 2.09. The molecular formula is C14H20N2O2. The summed E-state index contributed by atoms with van der Waals surface area (Å²) in [5.41, 5.74) is 12.9. The van der Waals surface area contributed by atoms with Crippen molar-refractivity contribution in [3.05, 3.63) is 29.3 Å². The van der Waals surface area contributed by atoms with Gasteiger partial charge in [0.05, 0.1) is 6.61 Å². The van der Waals surface area contributed by atoms with Gasteiger partial charge in [0.25, 0.3) is 0 Å². The van der Waals surface area contributed by atoms with E-state index in [1.807, 2.05) is 0 Å². The van der Waals surface area contributed by atoms with Gasteiger partial charge in [-0.2, -0.15) is 0 Å². The average molecular weight is 248 g/mol. The van der Waals surface area contributed by atoms with E-state index < -0.39 is 5.91 Å². The Morgan fingerprint density at radius 1 is 1.39 bits per heavy atom. The SMILES string of the molecule is NC(=O)c1ccc(COCCC2CCC2)c(N)c1. The molecule has 0 unspecified atom stereocenters. The van der Waals surface area contributed by atoms with Gasteiger partial charge in [0.2, 0.25) is 5.91 Å². The average Bonchev–Trinajstić information content (AvgIpc) is 2.28. The van der Waals surface area contributed by atoms with Crippen LogP contribution in [-0.4, -0.2) is 12.5 Å². The van der Waals surface area contributed by atoms with Crippen molar-refractivity contribution in [1.29, 1.82) is 0 Å². The molecule has 4 N–H and O–H groups in total. The number of ether oxygens (including phenoxy) is 1. The molecule has 0 aromatic heterocycles. The summed E-state index contributed by atoms with van der Waals surface area (Å²) in [5.74, 6) is 0.402. The Morgan fingerprint density at radius 3 is 2.72 bits per heavy atom. The van der Waals surface area contributed by atoms with Crippen molar-refractivity contribution in [2.75, 3.05) is 12.3 Å². The first-order chi connectivity index (χ1) is 8.66. The van der Waals surface area contributed by atoms with Gasteiger partial charge in [-0.1, -0.05) is 25.3 Å². The molecule has 0 atom stereocenters. The second kappa shape index (κ2) is 5.87. The maximum Gasteiger partial charge on any atom is 0.248 e. The monoisotopic (exact) mass is 248 g/mol. The summed E-state index contributed by atoms with van der Waals surface area (Å²) >= 11 is 0. The standard InChI is InChI=1S/C14H20N2O2/c15-13-8-11(14(16)17)4-5-12(13)9-18-7-6-10-2-1-3-10/h4-5,8,10H,1-3,6-7,9,15H2,(H2,16,17). The third-order valence-electron chi connectivity index (χ3n) is 3.58. The fraction of sp³-hybridized carbons (Fsp3) is 0.500. The number of amides is 1. The first-order valence-corrected chi connectivity index (χ1v) is 6.43. The minimum absolute atomic E-state index is 0.436. The normalized spacial score (nSPS) is 15.3. The van der Waals surface area contributed by atoms with E-state index >= 15 is 0 Å². The molecule has 4 nitrogen and oxygen atoms in total. The Morgan fingerprint density at radius 2 is 2.17 bits per heavy atom. The van der Waals surface area contributed by atoms with Crippen LogP contribution in [0.2, 0.25) is 0 Å². The molecule has 1 fully saturated rings. The van der Waals surface area contributed by atoms with Crippen LogP contribution in [0, 0.1) is 5.92 Å². The molecule has 98 valence electrons. The van der Waals surface area contributed by atoms with E-state index in [1.54, 1.807) is 18.2 Å². The van der Waals surface area contributed by atoms with Crippen LogP contribution in [0.1, 0.15) is 41.6 Å². The second-order valence-corrected chi connectivity index (χ2v) is 4.92. The molecule has 1 saturated carbocycles. The van der Waals surface area contributed by atoms with Crippen LogP contribution in [0.3, 0.4) is 0 Å². The summed E-state index contributed by atoms with van der Waals surface area (Å²) in [4.78, 5) is 11.0. The molecule has 0 spiro atoms. The molecule has 1 aliphatic rings. The highest BCUT2D eigenvalue weighted by atomic mass is 16.5. The molecule has 0 bridgehead atoms. The quantitative estimate of drug-likeness (QED) is 0.597. The van der Waals surface area contributed by atoms with Gasteiger partial charge in [-0.25, -0.2) is 0 Å². The lowest BCUT2D eigenvalue weighted by molar-refractivity contribution is 0.0951. The molecule has 18 heavy (non-hydrogen) atoms. The third kappa shape index (κ3) is 3.23. The molecule has 1 aromatic rings. The Hall–Kier alpha value is -1.55. The molecule has 0 radical (unpaired) electrons. The summed E-state index contributed by atoms with van der Waals surface area (Å²) in [6.45, 7) is 1.28. The second-order valence-electron chi connectivity index (χ2n) is 4.92. The number of carbonyl (C=O) groups is 1. The molecule has 0 aliphatic heterocycles. The predicted octanol–water partition coefficient (Wildman–Crippen LogP) is 2.07. The molecule has 1 aliphatic carbocycles. The van der Waals surface area contributed by atoms with Crippen LogP contribution < -0.4 is 11.5 Å². The first kappa shape index (κ1) is 12.9. The summed E-state index contributed by atoms with van der Waals surface area (Å²) in [7, 11) is 0. The van der Waals surface area contributed by atoms with Gasteiger partial charge in [-0.05, 0) is 24.5 Å². The molecule has 0 heterocycles. The van der Waals surface area contributed by atoms with E-state index in [0.29, 0.717) is 17.9 Å². The Kier molecular flexibility index (Phi) is 4.20. The van der Waals surface area contributed by atoms with E-state index in [1.165, 1.54) is 19.3 Å². The number of nitrogens with two attached hydrogens (primary N) is 2. The van der Waals surface area contributed by atoms with E-state index in [0.717, 1.165) is 24.5 Å². The predicted molar refractivity (Wildman–Crippen MR) is 71.0 cm³/mol. The van der Waals surface area contributed by atoms with E-state index in [-0.39, 0.29) is 0 Å². The maximum absolute atomic E-state index is 11.0. The molecule has 1 aromatic carbocycles. The number of hydrogen-bond acceptors (Lipinski definition) is 3. The van der Waals surface area contributed by atoms with Gasteiger partial charge >= 0.3 is 0 Å². The zero-order chi connectivity index (χ0) is 13.0. The first-order valence-electron chi connectivity index (χ1n) is 6.43. The summed E-state index contributed by atoms with van der Waals surface area (Å²) in [5, 5.41) is 0. The maximum atomic E-state index is 11.0. The van der Waals surface area contributed by atoms with E-state index in [4.69, 9.17) is 16.2 Å². The van der Waals surface area contributed by atoms with Crippen molar-refractivity contribution in [1.82, 2.24) is 0 Å². The number of rotatable bonds is 6. The highest BCUT2D eigenvalue weighted by Gasteiger charge is 2.16. The van der Waals surface area contributed by atoms with Crippen LogP contribution in [0.25, 0.3) is 0 Å². The molecule has 4 heteroatoms. The Labute approximate surface area is 107 Å². The van der Waals surface area contributed by atoms with Gasteiger partial charge < -0.3 is 16.2 Å². The van der Waals surface area contributed by atoms with Crippen LogP contribution >= 0.6 is 0 Å². The third-order valence-corrected chi connectivity index (χ3v) is 3.58. The zero-order valence-electron chi connectivity index (χ0n) is 10.5. The number of primary amides is 1. The summed E-state index contributed by atoms with van der Waals surface area (Å²) < 4.78 is 5.61. The lowest BCUT2D eigenvalue weighted by atomic mass is 9.83. The number of hydrogen-bond donors (Lipinski definition) is 2. The van der Waals surface area contributed by atoms with Crippen LogP contribution in [0.5, 0.6) is 0 Å². The van der Waals surface area contributed by atoms with Crippen molar-refractivity contribution in [2.24, 2.45) is 11.7 Å². The Bertz CT molecular complexity index is 428. The van der Waals surface area contributed by atoms with Crippen LogP contribution in [0.4, 0.5) is 5.69 Å². The number of anilines is 1. The van der Waals surface area contributed by atoms with Gasteiger partial charge in [0.15, 0.2) is 0 Å². The topological polar surface area (TPSA) is 78.3 Å². The smallest absolute Gasteiger partial charge is 0.248 e. The van der Waals surface area contributed by atoms with E-state index in [2.05, 4.69) is 0 Å². The summed E-state index contributed by atoms with van der Waals surface area (Å²) in [6.07, 6.45) is 5.20. The fourth-order valence-electron chi connectivity index (χ4n) is 2.09. The summed E-state index contributed by atoms with van der Waals surface area (Å²) in [6, 6.07) is 5.09. The minimum Gasteiger partial charge on any atom is -0.398 e. The zero-order valence-corrected chi connectivity index (χ0v) is 10.5.